The number of hydrogen-bond acceptors (Lipinski definition) is 5. The van der Waals surface area contributed by atoms with Gasteiger partial charge in [-0.3, -0.25) is 0 Å². The average Bonchev–Trinajstić information content (AvgIpc) is 3.24. The first kappa shape index (κ1) is 18.6. The number of nitrogens with one attached hydrogen (secondary N) is 1. The number of nitrogens with zero attached hydrogens (tertiary/aromatic N) is 1. The first-order chi connectivity index (χ1) is 14.0. The van der Waals surface area contributed by atoms with E-state index in [0.29, 0.717) is 18.6 Å². The highest BCUT2D eigenvalue weighted by Crippen LogP contribution is 2.54. The van der Waals surface area contributed by atoms with E-state index in [-0.39, 0.29) is 29.8 Å². The van der Waals surface area contributed by atoms with Crippen molar-refractivity contribution in [2.75, 3.05) is 20.3 Å². The Morgan fingerprint density at radius 2 is 2.21 bits per heavy atom. The first-order valence-electron chi connectivity index (χ1n) is 10.5. The molecule has 0 bridgehead atoms. The van der Waals surface area contributed by atoms with Crippen LogP contribution in [0.5, 0.6) is 5.75 Å². The van der Waals surface area contributed by atoms with Crippen LogP contribution in [0.2, 0.25) is 0 Å². The molecule has 0 unspecified atom stereocenters. The van der Waals surface area contributed by atoms with Gasteiger partial charge in [-0.15, -0.1) is 0 Å². The topological polar surface area (TPSA) is 74.8 Å². The van der Waals surface area contributed by atoms with Gasteiger partial charge in [-0.05, 0) is 55.4 Å². The maximum atomic E-state index is 12.5. The molecule has 0 saturated heterocycles. The molecule has 0 amide bonds. The van der Waals surface area contributed by atoms with E-state index in [0.717, 1.165) is 24.2 Å². The maximum Gasteiger partial charge on any atom is 0.335 e. The molecule has 6 heteroatoms. The number of esters is 1. The van der Waals surface area contributed by atoms with Crippen LogP contribution >= 0.6 is 0 Å². The number of aromatic amines is 1. The lowest BCUT2D eigenvalue weighted by molar-refractivity contribution is -0.137. The third-order valence-electron chi connectivity index (χ3n) is 7.16. The third kappa shape index (κ3) is 2.69. The summed E-state index contributed by atoms with van der Waals surface area (Å²) in [5.41, 5.74) is 4.38. The lowest BCUT2D eigenvalue weighted by Crippen LogP contribution is -2.44. The summed E-state index contributed by atoms with van der Waals surface area (Å²) in [7, 11) is 1.43. The molecule has 2 N–H and O–H groups in total. The minimum Gasteiger partial charge on any atom is -0.494 e. The van der Waals surface area contributed by atoms with Gasteiger partial charge < -0.3 is 24.5 Å². The number of aliphatic hydroxyl groups excluding tert-OH is 1. The number of ether oxygens (including phenoxy) is 2. The van der Waals surface area contributed by atoms with Crippen molar-refractivity contribution in [3.8, 4) is 5.75 Å². The summed E-state index contributed by atoms with van der Waals surface area (Å²) in [4.78, 5) is 18.4. The second-order valence-electron chi connectivity index (χ2n) is 8.51. The van der Waals surface area contributed by atoms with Crippen LogP contribution in [-0.2, 0) is 16.0 Å². The highest BCUT2D eigenvalue weighted by Gasteiger charge is 2.53. The van der Waals surface area contributed by atoms with E-state index in [2.05, 4.69) is 28.9 Å². The van der Waals surface area contributed by atoms with Crippen molar-refractivity contribution in [1.82, 2.24) is 9.88 Å². The summed E-state index contributed by atoms with van der Waals surface area (Å²) >= 11 is 0. The Kier molecular flexibility index (Phi) is 4.35. The van der Waals surface area contributed by atoms with Crippen LogP contribution in [0.25, 0.3) is 10.9 Å². The molecule has 3 heterocycles. The van der Waals surface area contributed by atoms with Gasteiger partial charge >= 0.3 is 5.97 Å². The molecule has 3 aliphatic rings. The van der Waals surface area contributed by atoms with E-state index in [1.54, 1.807) is 0 Å². The van der Waals surface area contributed by atoms with Gasteiger partial charge in [0.2, 0.25) is 0 Å². The summed E-state index contributed by atoms with van der Waals surface area (Å²) in [6.45, 7) is 5.59. The fourth-order valence-electron chi connectivity index (χ4n) is 5.82. The fraction of sp³-hybridized carbons (Fsp3) is 0.522. The molecule has 6 nitrogen and oxygen atoms in total. The van der Waals surface area contributed by atoms with Crippen molar-refractivity contribution in [3.63, 3.8) is 0 Å². The van der Waals surface area contributed by atoms with E-state index in [1.807, 2.05) is 19.2 Å². The van der Waals surface area contributed by atoms with Crippen LogP contribution in [0.1, 0.15) is 37.6 Å². The molecular weight excluding hydrogens is 368 g/mol. The molecule has 1 aromatic carbocycles. The molecular formula is C23H28N2O4. The molecule has 0 radical (unpaired) electrons. The molecule has 1 fully saturated rings. The van der Waals surface area contributed by atoms with Crippen molar-refractivity contribution in [2.45, 2.75) is 38.8 Å². The van der Waals surface area contributed by atoms with Gasteiger partial charge in [0.25, 0.3) is 0 Å². The van der Waals surface area contributed by atoms with Crippen LogP contribution < -0.4 is 4.74 Å². The molecule has 5 atom stereocenters. The van der Waals surface area contributed by atoms with Crippen LogP contribution in [-0.4, -0.2) is 47.3 Å². The number of hydrogen-bond donors (Lipinski definition) is 2. The lowest BCUT2D eigenvalue weighted by Gasteiger charge is -2.46. The second kappa shape index (κ2) is 6.80. The number of methoxy groups -OCH3 is 1. The molecule has 0 spiro atoms. The molecule has 154 valence electrons. The minimum absolute atomic E-state index is 0.0186. The number of rotatable bonds is 3. The molecule has 2 aliphatic heterocycles. The average molecular weight is 396 g/mol. The highest BCUT2D eigenvalue weighted by molar-refractivity contribution is 5.90. The van der Waals surface area contributed by atoms with Crippen molar-refractivity contribution in [2.24, 2.45) is 17.8 Å². The van der Waals surface area contributed by atoms with Gasteiger partial charge in [0.05, 0.1) is 31.4 Å². The number of H-pyrrole nitrogens is 1. The molecule has 1 saturated carbocycles. The normalized spacial score (nSPS) is 30.4. The predicted octanol–water partition coefficient (Wildman–Crippen LogP) is 3.17. The van der Waals surface area contributed by atoms with Gasteiger partial charge in [-0.25, -0.2) is 4.79 Å². The summed E-state index contributed by atoms with van der Waals surface area (Å²) in [5.74, 6) is 0.914. The smallest absolute Gasteiger partial charge is 0.335 e. The quantitative estimate of drug-likeness (QED) is 0.780. The molecule has 5 rings (SSSR count). The monoisotopic (exact) mass is 396 g/mol. The van der Waals surface area contributed by atoms with Crippen molar-refractivity contribution >= 4 is 16.9 Å². The predicted molar refractivity (Wildman–Crippen MR) is 109 cm³/mol. The van der Waals surface area contributed by atoms with Gasteiger partial charge in [0, 0.05) is 35.3 Å². The minimum atomic E-state index is -0.405. The van der Waals surface area contributed by atoms with Gasteiger partial charge in [0.1, 0.15) is 5.75 Å². The van der Waals surface area contributed by atoms with E-state index >= 15 is 0 Å². The Balaban J connectivity index is 1.64. The van der Waals surface area contributed by atoms with Crippen molar-refractivity contribution in [3.05, 3.63) is 41.2 Å². The standard InChI is InChI=1S/C23H28N2O4/c1-4-29-13-5-6-18-15(9-13)14-7-8-25-11-17(23(27)28-3)16-10-19(26)12(2)20(16)22(25)21(14)24-18/h5-6,9,11-12,16,19-20,22,24,26H,4,7-8,10H2,1-3H3/t12-,16+,19-,20+,22-/m0/s1. The number of aromatic nitrogens is 1. The number of fused-ring (bicyclic) bond motifs is 7. The van der Waals surface area contributed by atoms with E-state index in [1.165, 1.54) is 23.8 Å². The van der Waals surface area contributed by atoms with E-state index in [9.17, 15) is 9.90 Å². The number of carbonyl (C=O) groups is 1. The Morgan fingerprint density at radius 3 is 2.97 bits per heavy atom. The summed E-state index contributed by atoms with van der Waals surface area (Å²) < 4.78 is 10.8. The van der Waals surface area contributed by atoms with Gasteiger partial charge in [-0.1, -0.05) is 6.92 Å². The van der Waals surface area contributed by atoms with Gasteiger partial charge in [-0.2, -0.15) is 0 Å². The first-order valence-corrected chi connectivity index (χ1v) is 10.5. The Hall–Kier alpha value is -2.47. The SMILES string of the molecule is CCOc1ccc2[nH]c3c(c2c1)CCN1C=C(C(=O)OC)[C@H]2C[C@H](O)[C@H](C)[C@H]2[C@@H]31. The Labute approximate surface area is 170 Å². The molecule has 29 heavy (non-hydrogen) atoms. The van der Waals surface area contributed by atoms with Crippen LogP contribution in [0.4, 0.5) is 0 Å². The van der Waals surface area contributed by atoms with E-state index < -0.39 is 6.10 Å². The van der Waals surface area contributed by atoms with Crippen molar-refractivity contribution in [1.29, 1.82) is 0 Å². The van der Waals surface area contributed by atoms with Crippen LogP contribution in [0.15, 0.2) is 30.0 Å². The number of benzene rings is 1. The zero-order chi connectivity index (χ0) is 20.3. The van der Waals surface area contributed by atoms with Crippen LogP contribution in [0, 0.1) is 17.8 Å². The summed E-state index contributed by atoms with van der Waals surface area (Å²) in [6.07, 6.45) is 3.10. The van der Waals surface area contributed by atoms with Crippen molar-refractivity contribution < 1.29 is 19.4 Å². The largest absolute Gasteiger partial charge is 0.494 e. The van der Waals surface area contributed by atoms with Gasteiger partial charge in [0.15, 0.2) is 0 Å². The Bertz CT molecular complexity index is 994. The highest BCUT2D eigenvalue weighted by atomic mass is 16.5. The fourth-order valence-corrected chi connectivity index (χ4v) is 5.82. The third-order valence-corrected chi connectivity index (χ3v) is 7.16. The zero-order valence-electron chi connectivity index (χ0n) is 17.1. The summed E-state index contributed by atoms with van der Waals surface area (Å²) in [6, 6.07) is 6.36. The lowest BCUT2D eigenvalue weighted by atomic mass is 9.74. The molecule has 2 aromatic rings. The van der Waals surface area contributed by atoms with E-state index in [4.69, 9.17) is 9.47 Å². The number of aliphatic hydroxyl groups is 1. The Morgan fingerprint density at radius 1 is 1.38 bits per heavy atom. The summed E-state index contributed by atoms with van der Waals surface area (Å²) in [5, 5.41) is 11.9. The zero-order valence-corrected chi connectivity index (χ0v) is 17.1. The molecule has 1 aromatic heterocycles. The maximum absolute atomic E-state index is 12.5. The second-order valence-corrected chi connectivity index (χ2v) is 8.51. The van der Waals surface area contributed by atoms with Crippen LogP contribution in [0.3, 0.4) is 0 Å². The molecule has 1 aliphatic carbocycles. The number of carbonyl (C=O) groups excluding carboxylic acids is 1.